The fourth-order valence-electron chi connectivity index (χ4n) is 2.42. The number of nitrogens with one attached hydrogen (secondary N) is 1. The van der Waals surface area contributed by atoms with Crippen molar-refractivity contribution in [2.45, 2.75) is 37.8 Å². The molecule has 98 valence electrons. The topological polar surface area (TPSA) is 92.1 Å². The van der Waals surface area contributed by atoms with E-state index in [-0.39, 0.29) is 29.2 Å². The maximum Gasteiger partial charge on any atom is 0.274 e. The molecule has 1 heterocycles. The summed E-state index contributed by atoms with van der Waals surface area (Å²) in [6, 6.07) is 2.82. The van der Waals surface area contributed by atoms with Crippen molar-refractivity contribution in [1.29, 1.82) is 0 Å². The Morgan fingerprint density at radius 2 is 2.17 bits per heavy atom. The van der Waals surface area contributed by atoms with E-state index < -0.39 is 0 Å². The number of H-pyrrole nitrogens is 1. The van der Waals surface area contributed by atoms with E-state index in [2.05, 4.69) is 10.2 Å². The van der Waals surface area contributed by atoms with E-state index >= 15 is 0 Å². The molecule has 1 fully saturated rings. The van der Waals surface area contributed by atoms with E-state index in [1.165, 1.54) is 12.1 Å². The standard InChI is InChI=1S/C12H18N4O2/c1-16(10-5-3-2-4-8(10)13)12(18)9-6-7-11(17)15-14-9/h6-8,10H,2-5,13H2,1H3,(H,15,17). The lowest BCUT2D eigenvalue weighted by molar-refractivity contribution is 0.0665. The highest BCUT2D eigenvalue weighted by Gasteiger charge is 2.29. The summed E-state index contributed by atoms with van der Waals surface area (Å²) in [4.78, 5) is 24.7. The van der Waals surface area contributed by atoms with Gasteiger partial charge in [0.2, 0.25) is 0 Å². The van der Waals surface area contributed by atoms with E-state index in [0.29, 0.717) is 0 Å². The van der Waals surface area contributed by atoms with Crippen molar-refractivity contribution < 1.29 is 4.79 Å². The molecular formula is C12H18N4O2. The highest BCUT2D eigenvalue weighted by Crippen LogP contribution is 2.21. The van der Waals surface area contributed by atoms with Gasteiger partial charge in [-0.2, -0.15) is 5.10 Å². The van der Waals surface area contributed by atoms with E-state index in [0.717, 1.165) is 25.7 Å². The zero-order chi connectivity index (χ0) is 13.1. The predicted octanol–water partition coefficient (Wildman–Crippen LogP) is 0.112. The first-order valence-corrected chi connectivity index (χ1v) is 6.18. The number of rotatable bonds is 2. The molecule has 0 aliphatic heterocycles. The summed E-state index contributed by atoms with van der Waals surface area (Å²) >= 11 is 0. The van der Waals surface area contributed by atoms with Crippen LogP contribution in [0.25, 0.3) is 0 Å². The number of carbonyl (C=O) groups is 1. The van der Waals surface area contributed by atoms with E-state index in [4.69, 9.17) is 5.73 Å². The summed E-state index contributed by atoms with van der Waals surface area (Å²) in [7, 11) is 1.74. The highest BCUT2D eigenvalue weighted by atomic mass is 16.2. The van der Waals surface area contributed by atoms with Crippen molar-refractivity contribution in [3.8, 4) is 0 Å². The summed E-state index contributed by atoms with van der Waals surface area (Å²) in [6.07, 6.45) is 4.08. The SMILES string of the molecule is CN(C(=O)c1ccc(=O)[nH]n1)C1CCCCC1N. The molecule has 1 aliphatic rings. The molecule has 2 unspecified atom stereocenters. The van der Waals surface area contributed by atoms with E-state index in [9.17, 15) is 9.59 Å². The number of nitrogens with two attached hydrogens (primary N) is 1. The first-order valence-electron chi connectivity index (χ1n) is 6.18. The minimum Gasteiger partial charge on any atom is -0.336 e. The van der Waals surface area contributed by atoms with Gasteiger partial charge >= 0.3 is 0 Å². The summed E-state index contributed by atoms with van der Waals surface area (Å²) in [5.74, 6) is -0.200. The zero-order valence-electron chi connectivity index (χ0n) is 10.4. The van der Waals surface area contributed by atoms with E-state index in [1.54, 1.807) is 11.9 Å². The summed E-state index contributed by atoms with van der Waals surface area (Å²) in [5, 5.41) is 6.02. The Labute approximate surface area is 105 Å². The van der Waals surface area contributed by atoms with Gasteiger partial charge in [0, 0.05) is 25.2 Å². The molecule has 0 spiro atoms. The van der Waals surface area contributed by atoms with Crippen LogP contribution in [0.5, 0.6) is 0 Å². The molecule has 0 bridgehead atoms. The molecule has 3 N–H and O–H groups in total. The fraction of sp³-hybridized carbons (Fsp3) is 0.583. The molecule has 1 aliphatic carbocycles. The number of hydrogen-bond donors (Lipinski definition) is 2. The van der Waals surface area contributed by atoms with Crippen molar-refractivity contribution >= 4 is 5.91 Å². The van der Waals surface area contributed by atoms with E-state index in [1.807, 2.05) is 0 Å². The van der Waals surface area contributed by atoms with Gasteiger partial charge in [-0.3, -0.25) is 9.59 Å². The van der Waals surface area contributed by atoms with Crippen molar-refractivity contribution in [3.63, 3.8) is 0 Å². The Bertz CT molecular complexity index is 465. The molecule has 1 aromatic heterocycles. The summed E-state index contributed by atoms with van der Waals surface area (Å²) < 4.78 is 0. The number of hydrogen-bond acceptors (Lipinski definition) is 4. The molecule has 1 saturated carbocycles. The van der Waals surface area contributed by atoms with Crippen LogP contribution >= 0.6 is 0 Å². The van der Waals surface area contributed by atoms with Crippen LogP contribution in [0.3, 0.4) is 0 Å². The average molecular weight is 250 g/mol. The molecule has 0 saturated heterocycles. The second-order valence-electron chi connectivity index (χ2n) is 4.74. The quantitative estimate of drug-likeness (QED) is 0.779. The molecule has 1 aromatic rings. The Hall–Kier alpha value is -1.69. The molecule has 0 aromatic carbocycles. The van der Waals surface area contributed by atoms with Gasteiger partial charge in [-0.05, 0) is 18.9 Å². The monoisotopic (exact) mass is 250 g/mol. The Morgan fingerprint density at radius 1 is 1.44 bits per heavy atom. The van der Waals surface area contributed by atoms with Crippen LogP contribution in [-0.2, 0) is 0 Å². The molecular weight excluding hydrogens is 232 g/mol. The molecule has 2 rings (SSSR count). The molecule has 18 heavy (non-hydrogen) atoms. The van der Waals surface area contributed by atoms with Crippen LogP contribution in [0.15, 0.2) is 16.9 Å². The smallest absolute Gasteiger partial charge is 0.274 e. The molecule has 6 nitrogen and oxygen atoms in total. The Kier molecular flexibility index (Phi) is 3.76. The number of nitrogens with zero attached hydrogens (tertiary/aromatic N) is 2. The number of likely N-dealkylation sites (N-methyl/N-ethyl adjacent to an activating group) is 1. The zero-order valence-corrected chi connectivity index (χ0v) is 10.4. The van der Waals surface area contributed by atoms with Crippen LogP contribution < -0.4 is 11.3 Å². The lowest BCUT2D eigenvalue weighted by Crippen LogP contribution is -2.50. The lowest BCUT2D eigenvalue weighted by Gasteiger charge is -2.35. The maximum absolute atomic E-state index is 12.2. The normalized spacial score (nSPS) is 23.7. The lowest BCUT2D eigenvalue weighted by atomic mass is 9.90. The number of carbonyl (C=O) groups excluding carboxylic acids is 1. The van der Waals surface area contributed by atoms with Crippen molar-refractivity contribution in [3.05, 3.63) is 28.2 Å². The summed E-state index contributed by atoms with van der Waals surface area (Å²) in [5.41, 5.74) is 5.98. The second-order valence-corrected chi connectivity index (χ2v) is 4.74. The second kappa shape index (κ2) is 5.30. The number of aromatic amines is 1. The minimum atomic E-state index is -0.316. The first kappa shape index (κ1) is 12.8. The van der Waals surface area contributed by atoms with Gasteiger partial charge in [0.15, 0.2) is 0 Å². The maximum atomic E-state index is 12.2. The van der Waals surface area contributed by atoms with Crippen molar-refractivity contribution in [2.75, 3.05) is 7.05 Å². The minimum absolute atomic E-state index is 0.0236. The third-order valence-corrected chi connectivity index (χ3v) is 3.50. The van der Waals surface area contributed by atoms with Gasteiger partial charge in [-0.15, -0.1) is 0 Å². The van der Waals surface area contributed by atoms with Gasteiger partial charge in [-0.1, -0.05) is 12.8 Å². The Morgan fingerprint density at radius 3 is 2.78 bits per heavy atom. The Balaban J connectivity index is 2.12. The molecule has 2 atom stereocenters. The van der Waals surface area contributed by atoms with Crippen LogP contribution in [0.2, 0.25) is 0 Å². The van der Waals surface area contributed by atoms with Crippen molar-refractivity contribution in [2.24, 2.45) is 5.73 Å². The number of aromatic nitrogens is 2. The highest BCUT2D eigenvalue weighted by molar-refractivity contribution is 5.92. The van der Waals surface area contributed by atoms with Crippen molar-refractivity contribution in [1.82, 2.24) is 15.1 Å². The number of amides is 1. The molecule has 1 amide bonds. The first-order chi connectivity index (χ1) is 8.59. The fourth-order valence-corrected chi connectivity index (χ4v) is 2.42. The predicted molar refractivity (Wildman–Crippen MR) is 67.2 cm³/mol. The van der Waals surface area contributed by atoms with Gasteiger partial charge < -0.3 is 10.6 Å². The summed E-state index contributed by atoms with van der Waals surface area (Å²) in [6.45, 7) is 0. The average Bonchev–Trinajstić information content (AvgIpc) is 2.38. The van der Waals surface area contributed by atoms with Crippen LogP contribution in [0.4, 0.5) is 0 Å². The van der Waals surface area contributed by atoms with Crippen LogP contribution in [-0.4, -0.2) is 40.1 Å². The van der Waals surface area contributed by atoms with Crippen LogP contribution in [0.1, 0.15) is 36.2 Å². The van der Waals surface area contributed by atoms with Crippen LogP contribution in [0, 0.1) is 0 Å². The largest absolute Gasteiger partial charge is 0.336 e. The van der Waals surface area contributed by atoms with Gasteiger partial charge in [0.1, 0.15) is 5.69 Å². The molecule has 6 heteroatoms. The molecule has 0 radical (unpaired) electrons. The third kappa shape index (κ3) is 2.59. The van der Waals surface area contributed by atoms with Gasteiger partial charge in [0.25, 0.3) is 11.5 Å². The third-order valence-electron chi connectivity index (χ3n) is 3.50. The van der Waals surface area contributed by atoms with Gasteiger partial charge in [0.05, 0.1) is 0 Å². The van der Waals surface area contributed by atoms with Gasteiger partial charge in [-0.25, -0.2) is 5.10 Å².